The molecule has 0 aliphatic carbocycles. The van der Waals surface area contributed by atoms with Crippen LogP contribution in [0.3, 0.4) is 0 Å². The highest BCUT2D eigenvalue weighted by molar-refractivity contribution is 9.10. The first kappa shape index (κ1) is 12.6. The number of halogens is 1. The fraction of sp³-hybridized carbons (Fsp3) is 0.133. The van der Waals surface area contributed by atoms with Crippen LogP contribution in [0.5, 0.6) is 0 Å². The molecule has 0 spiro atoms. The van der Waals surface area contributed by atoms with E-state index in [-0.39, 0.29) is 6.04 Å². The third kappa shape index (κ3) is 2.80. The van der Waals surface area contributed by atoms with E-state index in [1.165, 1.54) is 4.70 Å². The Bertz CT molecular complexity index is 658. The number of thiazole rings is 1. The van der Waals surface area contributed by atoms with Gasteiger partial charge in [-0.1, -0.05) is 28.1 Å². The van der Waals surface area contributed by atoms with Crippen LogP contribution in [0.25, 0.3) is 10.2 Å². The Hall–Kier alpha value is -1.39. The van der Waals surface area contributed by atoms with Gasteiger partial charge >= 0.3 is 0 Å². The summed E-state index contributed by atoms with van der Waals surface area (Å²) in [6.45, 7) is 2.14. The Morgan fingerprint density at radius 2 is 1.84 bits per heavy atom. The minimum Gasteiger partial charge on any atom is -0.376 e. The van der Waals surface area contributed by atoms with Gasteiger partial charge in [-0.2, -0.15) is 0 Å². The van der Waals surface area contributed by atoms with Gasteiger partial charge in [0.1, 0.15) is 5.01 Å². The van der Waals surface area contributed by atoms with Crippen LogP contribution in [0, 0.1) is 0 Å². The quantitative estimate of drug-likeness (QED) is 0.710. The topological polar surface area (TPSA) is 24.9 Å². The number of nitrogens with zero attached hydrogens (tertiary/aromatic N) is 1. The van der Waals surface area contributed by atoms with Crippen molar-refractivity contribution in [1.29, 1.82) is 0 Å². The second-order valence-corrected chi connectivity index (χ2v) is 6.37. The highest BCUT2D eigenvalue weighted by atomic mass is 79.9. The summed E-state index contributed by atoms with van der Waals surface area (Å²) in [5, 5.41) is 4.59. The molecule has 0 saturated heterocycles. The summed E-state index contributed by atoms with van der Waals surface area (Å²) in [5.74, 6) is 0. The maximum Gasteiger partial charge on any atom is 0.116 e. The van der Waals surface area contributed by atoms with Crippen LogP contribution in [0.15, 0.2) is 53.0 Å². The van der Waals surface area contributed by atoms with Crippen LogP contribution >= 0.6 is 27.3 Å². The third-order valence-electron chi connectivity index (χ3n) is 2.91. The van der Waals surface area contributed by atoms with Crippen molar-refractivity contribution in [3.8, 4) is 0 Å². The summed E-state index contributed by atoms with van der Waals surface area (Å²) in [4.78, 5) is 4.67. The number of nitrogens with one attached hydrogen (secondary N) is 1. The Balaban J connectivity index is 1.83. The number of rotatable bonds is 3. The summed E-state index contributed by atoms with van der Waals surface area (Å²) in [7, 11) is 0. The second kappa shape index (κ2) is 5.31. The van der Waals surface area contributed by atoms with Crippen molar-refractivity contribution in [2.45, 2.75) is 13.0 Å². The van der Waals surface area contributed by atoms with Crippen molar-refractivity contribution in [1.82, 2.24) is 4.98 Å². The molecule has 0 radical (unpaired) electrons. The van der Waals surface area contributed by atoms with E-state index in [9.17, 15) is 0 Å². The van der Waals surface area contributed by atoms with Crippen LogP contribution in [0.1, 0.15) is 18.0 Å². The molecule has 0 amide bonds. The lowest BCUT2D eigenvalue weighted by Gasteiger charge is -2.12. The fourth-order valence-corrected chi connectivity index (χ4v) is 3.17. The van der Waals surface area contributed by atoms with E-state index in [4.69, 9.17) is 0 Å². The Morgan fingerprint density at radius 1 is 1.11 bits per heavy atom. The molecule has 2 aromatic carbocycles. The van der Waals surface area contributed by atoms with Gasteiger partial charge in [0.2, 0.25) is 0 Å². The van der Waals surface area contributed by atoms with Gasteiger partial charge in [-0.3, -0.25) is 0 Å². The SMILES string of the molecule is CC(Nc1ccc(Br)cc1)c1nc2ccccc2s1. The predicted octanol–water partition coefficient (Wildman–Crippen LogP) is 5.23. The van der Waals surface area contributed by atoms with E-state index < -0.39 is 0 Å². The molecule has 19 heavy (non-hydrogen) atoms. The molecule has 1 heterocycles. The lowest BCUT2D eigenvalue weighted by atomic mass is 10.3. The van der Waals surface area contributed by atoms with E-state index in [0.29, 0.717) is 0 Å². The zero-order valence-corrected chi connectivity index (χ0v) is 12.8. The van der Waals surface area contributed by atoms with Crippen molar-refractivity contribution in [2.24, 2.45) is 0 Å². The molecular weight excluding hydrogens is 320 g/mol. The first-order valence-electron chi connectivity index (χ1n) is 6.10. The standard InChI is InChI=1S/C15H13BrN2S/c1-10(17-12-8-6-11(16)7-9-12)15-18-13-4-2-3-5-14(13)19-15/h2-10,17H,1H3. The molecule has 4 heteroatoms. The molecule has 1 atom stereocenters. The minimum absolute atomic E-state index is 0.207. The van der Waals surface area contributed by atoms with Crippen LogP contribution in [0.2, 0.25) is 0 Å². The molecule has 0 bridgehead atoms. The van der Waals surface area contributed by atoms with Gasteiger partial charge in [0.15, 0.2) is 0 Å². The van der Waals surface area contributed by atoms with Crippen LogP contribution < -0.4 is 5.32 Å². The summed E-state index contributed by atoms with van der Waals surface area (Å²) >= 11 is 5.19. The largest absolute Gasteiger partial charge is 0.376 e. The zero-order valence-electron chi connectivity index (χ0n) is 10.4. The summed E-state index contributed by atoms with van der Waals surface area (Å²) in [6.07, 6.45) is 0. The molecule has 1 N–H and O–H groups in total. The van der Waals surface area contributed by atoms with Crippen molar-refractivity contribution in [3.05, 3.63) is 58.0 Å². The molecule has 1 unspecified atom stereocenters. The number of anilines is 1. The first-order chi connectivity index (χ1) is 9.22. The highest BCUT2D eigenvalue weighted by Crippen LogP contribution is 2.28. The number of para-hydroxylation sites is 1. The lowest BCUT2D eigenvalue weighted by molar-refractivity contribution is 0.874. The minimum atomic E-state index is 0.207. The summed E-state index contributed by atoms with van der Waals surface area (Å²) in [5.41, 5.74) is 2.18. The van der Waals surface area contributed by atoms with Crippen molar-refractivity contribution < 1.29 is 0 Å². The van der Waals surface area contributed by atoms with Gasteiger partial charge in [0.25, 0.3) is 0 Å². The maximum absolute atomic E-state index is 4.67. The van der Waals surface area contributed by atoms with E-state index >= 15 is 0 Å². The van der Waals surface area contributed by atoms with Crippen molar-refractivity contribution >= 4 is 43.2 Å². The molecule has 96 valence electrons. The fourth-order valence-electron chi connectivity index (χ4n) is 1.93. The average molecular weight is 333 g/mol. The Morgan fingerprint density at radius 3 is 2.58 bits per heavy atom. The van der Waals surface area contributed by atoms with Gasteiger partial charge < -0.3 is 5.32 Å². The lowest BCUT2D eigenvalue weighted by Crippen LogP contribution is -2.05. The number of aromatic nitrogens is 1. The molecular formula is C15H13BrN2S. The molecule has 0 aliphatic heterocycles. The first-order valence-corrected chi connectivity index (χ1v) is 7.71. The number of hydrogen-bond acceptors (Lipinski definition) is 3. The van der Waals surface area contributed by atoms with Gasteiger partial charge in [-0.15, -0.1) is 11.3 Å². The Labute approximate surface area is 124 Å². The molecule has 0 saturated carbocycles. The van der Waals surface area contributed by atoms with E-state index in [1.807, 2.05) is 18.2 Å². The molecule has 3 rings (SSSR count). The maximum atomic E-state index is 4.67. The highest BCUT2D eigenvalue weighted by Gasteiger charge is 2.10. The monoisotopic (exact) mass is 332 g/mol. The normalized spacial score (nSPS) is 12.5. The van der Waals surface area contributed by atoms with Crippen molar-refractivity contribution in [2.75, 3.05) is 5.32 Å². The number of benzene rings is 2. The van der Waals surface area contributed by atoms with Crippen LogP contribution in [0.4, 0.5) is 5.69 Å². The number of fused-ring (bicyclic) bond motifs is 1. The third-order valence-corrected chi connectivity index (χ3v) is 4.66. The van der Waals surface area contributed by atoms with Gasteiger partial charge in [-0.05, 0) is 43.3 Å². The van der Waals surface area contributed by atoms with E-state index in [2.05, 4.69) is 63.5 Å². The zero-order chi connectivity index (χ0) is 13.2. The molecule has 2 nitrogen and oxygen atoms in total. The average Bonchev–Trinajstić information content (AvgIpc) is 2.85. The molecule has 0 aliphatic rings. The van der Waals surface area contributed by atoms with Crippen LogP contribution in [-0.2, 0) is 0 Å². The predicted molar refractivity (Wildman–Crippen MR) is 85.8 cm³/mol. The van der Waals surface area contributed by atoms with E-state index in [1.54, 1.807) is 11.3 Å². The van der Waals surface area contributed by atoms with Gasteiger partial charge in [-0.25, -0.2) is 4.98 Å². The summed E-state index contributed by atoms with van der Waals surface area (Å²) in [6, 6.07) is 16.7. The van der Waals surface area contributed by atoms with Gasteiger partial charge in [0.05, 0.1) is 16.3 Å². The second-order valence-electron chi connectivity index (χ2n) is 4.39. The Kier molecular flexibility index (Phi) is 3.53. The van der Waals surface area contributed by atoms with E-state index in [0.717, 1.165) is 20.7 Å². The van der Waals surface area contributed by atoms with Crippen LogP contribution in [-0.4, -0.2) is 4.98 Å². The molecule has 3 aromatic rings. The molecule has 0 fully saturated rings. The summed E-state index contributed by atoms with van der Waals surface area (Å²) < 4.78 is 2.33. The smallest absolute Gasteiger partial charge is 0.116 e. The molecule has 1 aromatic heterocycles. The van der Waals surface area contributed by atoms with Crippen molar-refractivity contribution in [3.63, 3.8) is 0 Å². The van der Waals surface area contributed by atoms with Gasteiger partial charge in [0, 0.05) is 10.2 Å². The number of hydrogen-bond donors (Lipinski definition) is 1.